The highest BCUT2D eigenvalue weighted by Gasteiger charge is 1.91. The first-order valence-electron chi connectivity index (χ1n) is 3.05. The van der Waals surface area contributed by atoms with Gasteiger partial charge in [-0.1, -0.05) is 0 Å². The molecule has 2 nitrogen and oxygen atoms in total. The molecule has 1 N–H and O–H groups in total. The lowest BCUT2D eigenvalue weighted by Gasteiger charge is -2.06. The molecule has 0 fully saturated rings. The van der Waals surface area contributed by atoms with E-state index in [-0.39, 0.29) is 0 Å². The molecule has 0 saturated heterocycles. The van der Waals surface area contributed by atoms with Gasteiger partial charge in [0.15, 0.2) is 0 Å². The van der Waals surface area contributed by atoms with Gasteiger partial charge < -0.3 is 9.78 Å². The second-order valence-corrected chi connectivity index (χ2v) is 3.10. The van der Waals surface area contributed by atoms with Crippen LogP contribution in [0.25, 0.3) is 0 Å². The molecule has 0 aromatic carbocycles. The van der Waals surface area contributed by atoms with Crippen LogP contribution in [0.3, 0.4) is 0 Å². The molecule has 0 aromatic rings. The summed E-state index contributed by atoms with van der Waals surface area (Å²) in [6.45, 7) is 3.81. The second kappa shape index (κ2) is 4.35. The number of rotatable bonds is 2. The van der Waals surface area contributed by atoms with Crippen LogP contribution in [-0.4, -0.2) is 16.8 Å². The fourth-order valence-corrected chi connectivity index (χ4v) is 0.733. The Labute approximate surface area is 64.5 Å². The highest BCUT2D eigenvalue weighted by molar-refractivity contribution is 7.13. The quantitative estimate of drug-likeness (QED) is 0.379. The first-order chi connectivity index (χ1) is 4.57. The Bertz CT molecular complexity index is 161. The van der Waals surface area contributed by atoms with Crippen LogP contribution in [0.1, 0.15) is 13.8 Å². The summed E-state index contributed by atoms with van der Waals surface area (Å²) >= 11 is 0. The van der Waals surface area contributed by atoms with Gasteiger partial charge in [-0.15, -0.1) is 0 Å². The first-order valence-corrected chi connectivity index (χ1v) is 3.57. The summed E-state index contributed by atoms with van der Waals surface area (Å²) in [7, 11) is 4.43. The summed E-state index contributed by atoms with van der Waals surface area (Å²) in [4.78, 5) is 0. The molecular formula is C7H14NOP. The van der Waals surface area contributed by atoms with E-state index >= 15 is 0 Å². The van der Waals surface area contributed by atoms with Crippen molar-refractivity contribution in [3.8, 4) is 0 Å². The van der Waals surface area contributed by atoms with E-state index in [9.17, 15) is 0 Å². The highest BCUT2D eigenvalue weighted by Crippen LogP contribution is 2.08. The van der Waals surface area contributed by atoms with E-state index in [1.165, 1.54) is 0 Å². The number of hydrogen-bond acceptors (Lipinski definition) is 2. The molecule has 0 spiro atoms. The van der Waals surface area contributed by atoms with Crippen molar-refractivity contribution in [2.24, 2.45) is 0 Å². The monoisotopic (exact) mass is 159 g/mol. The van der Waals surface area contributed by atoms with Crippen molar-refractivity contribution in [3.63, 3.8) is 0 Å². The van der Waals surface area contributed by atoms with E-state index in [0.717, 1.165) is 17.4 Å². The molecular weight excluding hydrogens is 145 g/mol. The molecule has 0 aliphatic rings. The molecule has 1 unspecified atom stereocenters. The maximum atomic E-state index is 8.59. The fourth-order valence-electron chi connectivity index (χ4n) is 0.509. The molecule has 0 saturated carbocycles. The van der Waals surface area contributed by atoms with Gasteiger partial charge in [-0.05, 0) is 34.4 Å². The summed E-state index contributed by atoms with van der Waals surface area (Å²) < 4.78 is 1.86. The van der Waals surface area contributed by atoms with Crippen molar-refractivity contribution < 1.29 is 5.11 Å². The zero-order valence-corrected chi connectivity index (χ0v) is 7.78. The van der Waals surface area contributed by atoms with Crippen LogP contribution in [0.15, 0.2) is 23.6 Å². The van der Waals surface area contributed by atoms with Crippen LogP contribution in [0.4, 0.5) is 0 Å². The molecule has 58 valence electrons. The highest BCUT2D eigenvalue weighted by atomic mass is 31.0. The topological polar surface area (TPSA) is 23.5 Å². The minimum absolute atomic E-state index is 0.884. The normalized spacial score (nSPS) is 13.6. The largest absolute Gasteiger partial charge is 0.515 e. The summed E-state index contributed by atoms with van der Waals surface area (Å²) in [5, 5.41) is 8.59. The summed E-state index contributed by atoms with van der Waals surface area (Å²) in [6.07, 6.45) is 3.03. The SMILES string of the molecule is CC(=C\O)/C(C)=C/N(C)P. The molecule has 1 atom stereocenters. The smallest absolute Gasteiger partial charge is 0.0823 e. The number of allylic oxidation sites excluding steroid dienone is 2. The summed E-state index contributed by atoms with van der Waals surface area (Å²) in [5.74, 6) is 0. The predicted octanol–water partition coefficient (Wildman–Crippen LogP) is 2.07. The second-order valence-electron chi connectivity index (χ2n) is 2.29. The Morgan fingerprint density at radius 2 is 1.90 bits per heavy atom. The summed E-state index contributed by atoms with van der Waals surface area (Å²) in [6, 6.07) is 0. The molecule has 0 aliphatic carbocycles. The standard InChI is InChI=1S/C7H14NOP/c1-6(4-8(3)10)7(2)5-9/h4-5,9H,10H2,1-3H3/b6-4+,7-5+. The zero-order chi connectivity index (χ0) is 8.15. The number of aliphatic hydroxyl groups excluding tert-OH is 1. The molecule has 3 heteroatoms. The van der Waals surface area contributed by atoms with Gasteiger partial charge in [-0.25, -0.2) is 0 Å². The van der Waals surface area contributed by atoms with Crippen LogP contribution < -0.4 is 0 Å². The average molecular weight is 159 g/mol. The van der Waals surface area contributed by atoms with Gasteiger partial charge >= 0.3 is 0 Å². The van der Waals surface area contributed by atoms with Crippen molar-refractivity contribution in [3.05, 3.63) is 23.6 Å². The molecule has 0 heterocycles. The van der Waals surface area contributed by atoms with E-state index in [1.807, 2.05) is 31.8 Å². The zero-order valence-electron chi connectivity index (χ0n) is 6.63. The minimum Gasteiger partial charge on any atom is -0.515 e. The van der Waals surface area contributed by atoms with E-state index in [4.69, 9.17) is 5.11 Å². The van der Waals surface area contributed by atoms with Gasteiger partial charge in [0.25, 0.3) is 0 Å². The van der Waals surface area contributed by atoms with Crippen molar-refractivity contribution >= 4 is 9.39 Å². The number of aliphatic hydroxyl groups is 1. The van der Waals surface area contributed by atoms with Crippen molar-refractivity contribution in [2.75, 3.05) is 7.05 Å². The Morgan fingerprint density at radius 1 is 1.40 bits per heavy atom. The molecule has 0 bridgehead atoms. The van der Waals surface area contributed by atoms with Crippen LogP contribution in [0, 0.1) is 0 Å². The van der Waals surface area contributed by atoms with Gasteiger partial charge in [0.05, 0.1) is 6.26 Å². The number of hydrogen-bond donors (Lipinski definition) is 1. The van der Waals surface area contributed by atoms with Gasteiger partial charge in [-0.3, -0.25) is 0 Å². The number of nitrogens with zero attached hydrogens (tertiary/aromatic N) is 1. The molecule has 10 heavy (non-hydrogen) atoms. The van der Waals surface area contributed by atoms with Crippen LogP contribution in [0.2, 0.25) is 0 Å². The average Bonchev–Trinajstić information content (AvgIpc) is 1.85. The minimum atomic E-state index is 0.884. The Morgan fingerprint density at radius 3 is 2.20 bits per heavy atom. The fraction of sp³-hybridized carbons (Fsp3) is 0.429. The van der Waals surface area contributed by atoms with Gasteiger partial charge in [0.1, 0.15) is 0 Å². The van der Waals surface area contributed by atoms with Crippen LogP contribution >= 0.6 is 9.39 Å². The van der Waals surface area contributed by atoms with Gasteiger partial charge in [0.2, 0.25) is 0 Å². The Hall–Kier alpha value is -0.490. The van der Waals surface area contributed by atoms with Crippen molar-refractivity contribution in [2.45, 2.75) is 13.8 Å². The van der Waals surface area contributed by atoms with Crippen molar-refractivity contribution in [1.82, 2.24) is 4.67 Å². The van der Waals surface area contributed by atoms with E-state index in [1.54, 1.807) is 0 Å². The van der Waals surface area contributed by atoms with Crippen molar-refractivity contribution in [1.29, 1.82) is 0 Å². The van der Waals surface area contributed by atoms with Crippen LogP contribution in [-0.2, 0) is 0 Å². The third-order valence-corrected chi connectivity index (χ3v) is 1.36. The third kappa shape index (κ3) is 3.52. The molecule has 0 rings (SSSR count). The lowest BCUT2D eigenvalue weighted by Crippen LogP contribution is -1.93. The van der Waals surface area contributed by atoms with Crippen LogP contribution in [0.5, 0.6) is 0 Å². The van der Waals surface area contributed by atoms with E-state index < -0.39 is 0 Å². The summed E-state index contributed by atoms with van der Waals surface area (Å²) in [5.41, 5.74) is 1.94. The predicted molar refractivity (Wildman–Crippen MR) is 47.6 cm³/mol. The molecule has 0 radical (unpaired) electrons. The first kappa shape index (κ1) is 9.51. The maximum Gasteiger partial charge on any atom is 0.0823 e. The lowest BCUT2D eigenvalue weighted by atomic mass is 10.2. The molecule has 0 aliphatic heterocycles. The molecule has 0 aromatic heterocycles. The lowest BCUT2D eigenvalue weighted by molar-refractivity contribution is 0.468. The van der Waals surface area contributed by atoms with E-state index in [0.29, 0.717) is 0 Å². The molecule has 0 amide bonds. The maximum absolute atomic E-state index is 8.59. The van der Waals surface area contributed by atoms with Gasteiger partial charge in [0, 0.05) is 13.2 Å². The van der Waals surface area contributed by atoms with Gasteiger partial charge in [-0.2, -0.15) is 0 Å². The third-order valence-electron chi connectivity index (χ3n) is 1.21. The Kier molecular flexibility index (Phi) is 4.13. The van der Waals surface area contributed by atoms with E-state index in [2.05, 4.69) is 9.39 Å². The Balaban J connectivity index is 4.20.